The van der Waals surface area contributed by atoms with E-state index >= 15 is 0 Å². The van der Waals surface area contributed by atoms with Gasteiger partial charge < -0.3 is 0 Å². The van der Waals surface area contributed by atoms with Crippen LogP contribution in [0.25, 0.3) is 11.0 Å². The van der Waals surface area contributed by atoms with Crippen molar-refractivity contribution in [2.75, 3.05) is 6.26 Å². The average Bonchev–Trinajstić information content (AvgIpc) is 3.00. The second-order valence-electron chi connectivity index (χ2n) is 6.19. The number of hydrogen-bond donors (Lipinski definition) is 1. The van der Waals surface area contributed by atoms with Crippen molar-refractivity contribution in [3.8, 4) is 0 Å². The molecule has 0 aliphatic heterocycles. The number of imidazole rings is 1. The van der Waals surface area contributed by atoms with Gasteiger partial charge in [0.25, 0.3) is 0 Å². The number of halogens is 2. The van der Waals surface area contributed by atoms with Crippen molar-refractivity contribution in [2.45, 2.75) is 29.3 Å². The van der Waals surface area contributed by atoms with E-state index in [9.17, 15) is 25.6 Å². The van der Waals surface area contributed by atoms with Crippen molar-refractivity contribution in [3.05, 3.63) is 54.4 Å². The third-order valence-electron chi connectivity index (χ3n) is 4.10. The van der Waals surface area contributed by atoms with Crippen molar-refractivity contribution in [1.29, 1.82) is 0 Å². The van der Waals surface area contributed by atoms with Gasteiger partial charge in [-0.15, -0.1) is 0 Å². The van der Waals surface area contributed by atoms with E-state index in [1.54, 1.807) is 18.2 Å². The lowest BCUT2D eigenvalue weighted by Crippen LogP contribution is -2.29. The van der Waals surface area contributed by atoms with Crippen LogP contribution in [-0.4, -0.2) is 32.6 Å². The lowest BCUT2D eigenvalue weighted by Gasteiger charge is -2.16. The van der Waals surface area contributed by atoms with Gasteiger partial charge in [-0.3, -0.25) is 4.57 Å². The van der Waals surface area contributed by atoms with Gasteiger partial charge in [-0.05, 0) is 43.3 Å². The molecule has 7 nitrogen and oxygen atoms in total. The highest BCUT2D eigenvalue weighted by Crippen LogP contribution is 2.27. The van der Waals surface area contributed by atoms with Crippen LogP contribution in [0.5, 0.6) is 0 Å². The minimum atomic E-state index is -4.09. The predicted molar refractivity (Wildman–Crippen MR) is 99.3 cm³/mol. The largest absolute Gasteiger partial charge is 0.320 e. The number of rotatable bonds is 6. The predicted octanol–water partition coefficient (Wildman–Crippen LogP) is 2.87. The van der Waals surface area contributed by atoms with Crippen molar-refractivity contribution in [1.82, 2.24) is 14.3 Å². The molecule has 0 saturated heterocycles. The lowest BCUT2D eigenvalue weighted by molar-refractivity contribution is 0.0702. The van der Waals surface area contributed by atoms with Gasteiger partial charge in [0.05, 0.1) is 26.9 Å². The molecule has 0 radical (unpaired) electrons. The average molecular weight is 429 g/mol. The molecule has 1 heterocycles. The summed E-state index contributed by atoms with van der Waals surface area (Å²) in [7, 11) is -7.57. The fourth-order valence-electron chi connectivity index (χ4n) is 2.79. The summed E-state index contributed by atoms with van der Waals surface area (Å²) in [5.41, 5.74) is 0.511. The Morgan fingerprint density at radius 2 is 1.54 bits per heavy atom. The first-order valence-corrected chi connectivity index (χ1v) is 11.5. The van der Waals surface area contributed by atoms with E-state index in [1.807, 2.05) is 0 Å². The number of benzene rings is 2. The molecule has 2 aromatic carbocycles. The molecular formula is C17H17F2N3O4S2. The highest BCUT2D eigenvalue weighted by atomic mass is 32.2. The zero-order chi connectivity index (χ0) is 20.7. The number of alkyl halides is 2. The van der Waals surface area contributed by atoms with Gasteiger partial charge in [0.15, 0.2) is 9.84 Å². The molecular weight excluding hydrogens is 412 g/mol. The van der Waals surface area contributed by atoms with E-state index in [-0.39, 0.29) is 21.1 Å². The van der Waals surface area contributed by atoms with Crippen LogP contribution in [0.15, 0.2) is 58.3 Å². The van der Waals surface area contributed by atoms with Gasteiger partial charge in [-0.25, -0.2) is 26.5 Å². The van der Waals surface area contributed by atoms with Crippen LogP contribution < -0.4 is 4.72 Å². The topological polar surface area (TPSA) is 98.1 Å². The minimum absolute atomic E-state index is 0.0287. The molecule has 0 fully saturated rings. The Kier molecular flexibility index (Phi) is 5.26. The molecule has 3 rings (SSSR count). The van der Waals surface area contributed by atoms with Gasteiger partial charge in [0, 0.05) is 6.26 Å². The highest BCUT2D eigenvalue weighted by Gasteiger charge is 2.26. The van der Waals surface area contributed by atoms with Gasteiger partial charge in [0.1, 0.15) is 5.82 Å². The molecule has 0 aliphatic carbocycles. The Bertz CT molecular complexity index is 1220. The maximum absolute atomic E-state index is 13.6. The third kappa shape index (κ3) is 3.91. The van der Waals surface area contributed by atoms with E-state index in [0.717, 1.165) is 18.4 Å². The lowest BCUT2D eigenvalue weighted by atomic mass is 10.3. The summed E-state index contributed by atoms with van der Waals surface area (Å²) in [6.07, 6.45) is 1.01. The van der Waals surface area contributed by atoms with Crippen molar-refractivity contribution >= 4 is 30.9 Å². The van der Waals surface area contributed by atoms with Crippen molar-refractivity contribution < 1.29 is 25.6 Å². The van der Waals surface area contributed by atoms with Crippen molar-refractivity contribution in [3.63, 3.8) is 0 Å². The first-order chi connectivity index (χ1) is 13.0. The number of sulfonamides is 1. The molecule has 0 amide bonds. The first kappa shape index (κ1) is 20.4. The number of fused-ring (bicyclic) bond motifs is 1. The van der Waals surface area contributed by atoms with Crippen LogP contribution in [0, 0.1) is 0 Å². The Balaban J connectivity index is 1.95. The molecule has 0 bridgehead atoms. The van der Waals surface area contributed by atoms with E-state index in [4.69, 9.17) is 0 Å². The number of para-hydroxylation sites is 2. The van der Waals surface area contributed by atoms with Gasteiger partial charge >= 0.3 is 6.55 Å². The first-order valence-electron chi connectivity index (χ1n) is 8.08. The van der Waals surface area contributed by atoms with Gasteiger partial charge in [-0.2, -0.15) is 8.78 Å². The smallest absolute Gasteiger partial charge is 0.269 e. The van der Waals surface area contributed by atoms with Crippen LogP contribution in [0.2, 0.25) is 0 Å². The molecule has 28 heavy (non-hydrogen) atoms. The van der Waals surface area contributed by atoms with Crippen LogP contribution in [0.4, 0.5) is 8.78 Å². The van der Waals surface area contributed by atoms with Crippen LogP contribution in [0.3, 0.4) is 0 Å². The zero-order valence-corrected chi connectivity index (χ0v) is 16.5. The normalized spacial score (nSPS) is 13.9. The molecule has 0 saturated carbocycles. The second kappa shape index (κ2) is 7.22. The fourth-order valence-corrected chi connectivity index (χ4v) is 4.62. The maximum atomic E-state index is 13.6. The Morgan fingerprint density at radius 3 is 2.11 bits per heavy atom. The SMILES string of the molecule is CC(NS(=O)(=O)c1ccc(S(C)(=O)=O)cc1)c1nc2ccccc2n1C(F)F. The fraction of sp³-hybridized carbons (Fsp3) is 0.235. The maximum Gasteiger partial charge on any atom is 0.320 e. The minimum Gasteiger partial charge on any atom is -0.269 e. The van der Waals surface area contributed by atoms with E-state index < -0.39 is 32.5 Å². The van der Waals surface area contributed by atoms with Crippen LogP contribution in [-0.2, 0) is 19.9 Å². The van der Waals surface area contributed by atoms with Crippen molar-refractivity contribution in [2.24, 2.45) is 0 Å². The molecule has 3 aromatic rings. The number of aromatic nitrogens is 2. The van der Waals surface area contributed by atoms with Gasteiger partial charge in [-0.1, -0.05) is 12.1 Å². The van der Waals surface area contributed by atoms with E-state index in [1.165, 1.54) is 25.1 Å². The second-order valence-corrected chi connectivity index (χ2v) is 9.92. The van der Waals surface area contributed by atoms with E-state index in [2.05, 4.69) is 9.71 Å². The molecule has 1 N–H and O–H groups in total. The number of nitrogens with zero attached hydrogens (tertiary/aromatic N) is 2. The number of hydrogen-bond acceptors (Lipinski definition) is 5. The summed E-state index contributed by atoms with van der Waals surface area (Å²) < 4.78 is 78.3. The van der Waals surface area contributed by atoms with Gasteiger partial charge in [0.2, 0.25) is 10.0 Å². The summed E-state index contributed by atoms with van der Waals surface area (Å²) in [4.78, 5) is 3.92. The Morgan fingerprint density at radius 1 is 0.964 bits per heavy atom. The molecule has 150 valence electrons. The molecule has 1 aromatic heterocycles. The highest BCUT2D eigenvalue weighted by molar-refractivity contribution is 7.90. The monoisotopic (exact) mass is 429 g/mol. The number of sulfone groups is 1. The molecule has 1 atom stereocenters. The quantitative estimate of drug-likeness (QED) is 0.650. The summed E-state index contributed by atoms with van der Waals surface area (Å²) >= 11 is 0. The molecule has 0 spiro atoms. The zero-order valence-electron chi connectivity index (χ0n) is 14.9. The summed E-state index contributed by atoms with van der Waals surface area (Å²) in [5, 5.41) is 0. The molecule has 1 unspecified atom stereocenters. The van der Waals surface area contributed by atoms with E-state index in [0.29, 0.717) is 10.1 Å². The molecule has 0 aliphatic rings. The van der Waals surface area contributed by atoms with Crippen LogP contribution >= 0.6 is 0 Å². The summed E-state index contributed by atoms with van der Waals surface area (Å²) in [5.74, 6) is -0.132. The standard InChI is InChI=1S/C17H17F2N3O4S2/c1-11(16-20-14-5-3-4-6-15(14)22(16)17(18)19)21-28(25,26)13-9-7-12(8-10-13)27(2,23)24/h3-11,17,21H,1-2H3. The number of nitrogens with one attached hydrogen (secondary N) is 1. The summed E-state index contributed by atoms with van der Waals surface area (Å²) in [6, 6.07) is 9.83. The molecule has 11 heteroatoms. The van der Waals surface area contributed by atoms with Crippen LogP contribution in [0.1, 0.15) is 25.3 Å². The Labute approximate surface area is 161 Å². The summed E-state index contributed by atoms with van der Waals surface area (Å²) in [6.45, 7) is -1.49. The third-order valence-corrected chi connectivity index (χ3v) is 6.78. The Hall–Kier alpha value is -2.37.